The van der Waals surface area contributed by atoms with Gasteiger partial charge in [0.15, 0.2) is 0 Å². The summed E-state index contributed by atoms with van der Waals surface area (Å²) in [5.74, 6) is -2.62. The van der Waals surface area contributed by atoms with E-state index in [1.165, 1.54) is 4.90 Å². The molecule has 1 saturated carbocycles. The Morgan fingerprint density at radius 1 is 1.26 bits per heavy atom. The number of hydrogen-bond acceptors (Lipinski definition) is 3. The first kappa shape index (κ1) is 16.0. The van der Waals surface area contributed by atoms with E-state index in [0.29, 0.717) is 12.8 Å². The van der Waals surface area contributed by atoms with Crippen LogP contribution in [0.3, 0.4) is 0 Å². The van der Waals surface area contributed by atoms with Crippen LogP contribution in [0.25, 0.3) is 0 Å². The molecule has 5 heteroatoms. The van der Waals surface area contributed by atoms with Crippen molar-refractivity contribution in [1.29, 1.82) is 0 Å². The second kappa shape index (κ2) is 5.49. The highest BCUT2D eigenvalue weighted by molar-refractivity contribution is 5.97. The maximum Gasteiger partial charge on any atom is 0.316 e. The monoisotopic (exact) mass is 271 g/mol. The second-order valence-corrected chi connectivity index (χ2v) is 6.76. The fourth-order valence-corrected chi connectivity index (χ4v) is 2.78. The van der Waals surface area contributed by atoms with Crippen LogP contribution in [-0.2, 0) is 9.59 Å². The van der Waals surface area contributed by atoms with Gasteiger partial charge in [0.05, 0.1) is 5.60 Å². The quantitative estimate of drug-likeness (QED) is 0.760. The summed E-state index contributed by atoms with van der Waals surface area (Å²) in [6.07, 6.45) is 3.27. The van der Waals surface area contributed by atoms with Crippen LogP contribution in [0.1, 0.15) is 46.5 Å². The number of amides is 1. The van der Waals surface area contributed by atoms with Crippen LogP contribution in [0.5, 0.6) is 0 Å². The number of nitrogens with zero attached hydrogens (tertiary/aromatic N) is 1. The number of hydrogen-bond donors (Lipinski definition) is 2. The largest absolute Gasteiger partial charge is 0.481 e. The molecular formula is C14H25NO4. The fourth-order valence-electron chi connectivity index (χ4n) is 2.78. The number of likely N-dealkylation sites (N-methyl/N-ethyl adjacent to an activating group) is 1. The molecule has 110 valence electrons. The molecule has 0 aliphatic heterocycles. The minimum absolute atomic E-state index is 0.214. The van der Waals surface area contributed by atoms with Gasteiger partial charge in [-0.1, -0.05) is 33.6 Å². The Balaban J connectivity index is 2.77. The summed E-state index contributed by atoms with van der Waals surface area (Å²) < 4.78 is 0. The van der Waals surface area contributed by atoms with Crippen molar-refractivity contribution in [2.75, 3.05) is 13.6 Å². The van der Waals surface area contributed by atoms with Crippen LogP contribution in [0.4, 0.5) is 0 Å². The zero-order valence-electron chi connectivity index (χ0n) is 12.3. The molecule has 5 nitrogen and oxygen atoms in total. The standard InChI is InChI=1S/C14H25NO4/c1-13(2,3)10(12(17)18)11(16)15(4)9-14(19)7-5-6-8-14/h10,19H,5-9H2,1-4H3,(H,17,18). The minimum Gasteiger partial charge on any atom is -0.481 e. The van der Waals surface area contributed by atoms with Crippen LogP contribution in [0, 0.1) is 11.3 Å². The summed E-state index contributed by atoms with van der Waals surface area (Å²) in [5.41, 5.74) is -1.49. The Kier molecular flexibility index (Phi) is 4.61. The lowest BCUT2D eigenvalue weighted by molar-refractivity contribution is -0.157. The van der Waals surface area contributed by atoms with Gasteiger partial charge in [0.25, 0.3) is 0 Å². The average molecular weight is 271 g/mol. The lowest BCUT2D eigenvalue weighted by atomic mass is 9.79. The third-order valence-electron chi connectivity index (χ3n) is 3.80. The summed E-state index contributed by atoms with van der Waals surface area (Å²) in [4.78, 5) is 25.0. The molecule has 1 atom stereocenters. The molecule has 0 radical (unpaired) electrons. The zero-order chi connectivity index (χ0) is 14.8. The van der Waals surface area contributed by atoms with E-state index in [0.717, 1.165) is 12.8 Å². The van der Waals surface area contributed by atoms with Gasteiger partial charge in [0.1, 0.15) is 5.92 Å². The molecule has 0 aromatic carbocycles. The van der Waals surface area contributed by atoms with Gasteiger partial charge in [0.2, 0.25) is 5.91 Å². The Bertz CT molecular complexity index is 353. The Morgan fingerprint density at radius 3 is 2.11 bits per heavy atom. The number of carbonyl (C=O) groups excluding carboxylic acids is 1. The van der Waals surface area contributed by atoms with Gasteiger partial charge in [-0.25, -0.2) is 0 Å². The van der Waals surface area contributed by atoms with Gasteiger partial charge in [-0.05, 0) is 18.3 Å². The molecule has 0 aromatic heterocycles. The molecule has 0 heterocycles. The predicted octanol–water partition coefficient (Wildman–Crippen LogP) is 1.50. The first-order valence-corrected chi connectivity index (χ1v) is 6.77. The molecule has 2 N–H and O–H groups in total. The third kappa shape index (κ3) is 3.93. The van der Waals surface area contributed by atoms with Crippen molar-refractivity contribution < 1.29 is 19.8 Å². The maximum atomic E-state index is 12.3. The molecule has 1 aliphatic carbocycles. The van der Waals surface area contributed by atoms with Gasteiger partial charge in [-0.15, -0.1) is 0 Å². The SMILES string of the molecule is CN(CC1(O)CCCC1)C(=O)C(C(=O)O)C(C)(C)C. The van der Waals surface area contributed by atoms with E-state index in [4.69, 9.17) is 0 Å². The number of carboxylic acids is 1. The van der Waals surface area contributed by atoms with Crippen LogP contribution >= 0.6 is 0 Å². The summed E-state index contributed by atoms with van der Waals surface area (Å²) >= 11 is 0. The van der Waals surface area contributed by atoms with E-state index < -0.39 is 28.8 Å². The normalized spacial score (nSPS) is 20.1. The van der Waals surface area contributed by atoms with E-state index in [-0.39, 0.29) is 6.54 Å². The van der Waals surface area contributed by atoms with Crippen LogP contribution in [0.15, 0.2) is 0 Å². The summed E-state index contributed by atoms with van der Waals surface area (Å²) in [5, 5.41) is 19.5. The molecule has 0 saturated heterocycles. The highest BCUT2D eigenvalue weighted by Crippen LogP contribution is 2.32. The van der Waals surface area contributed by atoms with E-state index in [1.54, 1.807) is 27.8 Å². The molecule has 1 amide bonds. The first-order chi connectivity index (χ1) is 8.57. The van der Waals surface area contributed by atoms with Gasteiger partial charge in [-0.3, -0.25) is 9.59 Å². The number of rotatable bonds is 4. The van der Waals surface area contributed by atoms with Gasteiger partial charge >= 0.3 is 5.97 Å². The Hall–Kier alpha value is -1.10. The predicted molar refractivity (Wildman–Crippen MR) is 71.6 cm³/mol. The average Bonchev–Trinajstić information content (AvgIpc) is 2.61. The number of aliphatic hydroxyl groups is 1. The lowest BCUT2D eigenvalue weighted by Gasteiger charge is -2.33. The van der Waals surface area contributed by atoms with E-state index in [2.05, 4.69) is 0 Å². The molecule has 0 bridgehead atoms. The first-order valence-electron chi connectivity index (χ1n) is 6.77. The van der Waals surface area contributed by atoms with E-state index in [1.807, 2.05) is 0 Å². The topological polar surface area (TPSA) is 77.8 Å². The Morgan fingerprint density at radius 2 is 1.74 bits per heavy atom. The van der Waals surface area contributed by atoms with Crippen molar-refractivity contribution in [2.45, 2.75) is 52.1 Å². The smallest absolute Gasteiger partial charge is 0.316 e. The van der Waals surface area contributed by atoms with E-state index in [9.17, 15) is 19.8 Å². The van der Waals surface area contributed by atoms with Gasteiger partial charge < -0.3 is 15.1 Å². The zero-order valence-corrected chi connectivity index (χ0v) is 12.3. The Labute approximate surface area is 114 Å². The highest BCUT2D eigenvalue weighted by Gasteiger charge is 2.41. The molecule has 1 fully saturated rings. The van der Waals surface area contributed by atoms with E-state index >= 15 is 0 Å². The molecule has 19 heavy (non-hydrogen) atoms. The third-order valence-corrected chi connectivity index (χ3v) is 3.80. The van der Waals surface area contributed by atoms with Crippen molar-refractivity contribution in [3.05, 3.63) is 0 Å². The molecular weight excluding hydrogens is 246 g/mol. The fraction of sp³-hybridized carbons (Fsp3) is 0.857. The van der Waals surface area contributed by atoms with Crippen LogP contribution < -0.4 is 0 Å². The molecule has 0 spiro atoms. The van der Waals surface area contributed by atoms with Crippen molar-refractivity contribution in [3.63, 3.8) is 0 Å². The maximum absolute atomic E-state index is 12.3. The van der Waals surface area contributed by atoms with Crippen molar-refractivity contribution in [3.8, 4) is 0 Å². The summed E-state index contributed by atoms with van der Waals surface area (Å²) in [6.45, 7) is 5.43. The molecule has 0 aromatic rings. The minimum atomic E-state index is -1.11. The molecule has 1 unspecified atom stereocenters. The van der Waals surface area contributed by atoms with Crippen molar-refractivity contribution in [2.24, 2.45) is 11.3 Å². The van der Waals surface area contributed by atoms with Crippen LogP contribution in [0.2, 0.25) is 0 Å². The second-order valence-electron chi connectivity index (χ2n) is 6.76. The number of carboxylic acid groups (broad SMARTS) is 1. The summed E-state index contributed by atoms with van der Waals surface area (Å²) in [7, 11) is 1.57. The number of aliphatic carboxylic acids is 1. The van der Waals surface area contributed by atoms with Gasteiger partial charge in [0, 0.05) is 13.6 Å². The van der Waals surface area contributed by atoms with Crippen molar-refractivity contribution >= 4 is 11.9 Å². The highest BCUT2D eigenvalue weighted by atomic mass is 16.4. The van der Waals surface area contributed by atoms with Crippen LogP contribution in [-0.4, -0.2) is 46.2 Å². The lowest BCUT2D eigenvalue weighted by Crippen LogP contribution is -2.48. The summed E-state index contributed by atoms with van der Waals surface area (Å²) in [6, 6.07) is 0. The number of carbonyl (C=O) groups is 2. The molecule has 1 rings (SSSR count). The molecule has 1 aliphatic rings. The van der Waals surface area contributed by atoms with Gasteiger partial charge in [-0.2, -0.15) is 0 Å². The van der Waals surface area contributed by atoms with Crippen molar-refractivity contribution in [1.82, 2.24) is 4.90 Å².